The molecule has 0 radical (unpaired) electrons. The fourth-order valence-electron chi connectivity index (χ4n) is 1.99. The van der Waals surface area contributed by atoms with E-state index in [1.807, 2.05) is 25.1 Å². The van der Waals surface area contributed by atoms with Crippen LogP contribution in [0, 0.1) is 6.92 Å². The van der Waals surface area contributed by atoms with Gasteiger partial charge in [-0.2, -0.15) is 0 Å². The van der Waals surface area contributed by atoms with E-state index >= 15 is 0 Å². The van der Waals surface area contributed by atoms with Gasteiger partial charge in [0.1, 0.15) is 0 Å². The van der Waals surface area contributed by atoms with Crippen LogP contribution in [0.5, 0.6) is 0 Å². The smallest absolute Gasteiger partial charge is 0.312 e. The Hall–Kier alpha value is -0.480. The molecule has 0 atom stereocenters. The first kappa shape index (κ1) is 18.6. The van der Waals surface area contributed by atoms with Crippen LogP contribution >= 0.6 is 15.2 Å². The first-order chi connectivity index (χ1) is 9.79. The van der Waals surface area contributed by atoms with Crippen molar-refractivity contribution in [2.45, 2.75) is 19.2 Å². The minimum atomic E-state index is -3.14. The van der Waals surface area contributed by atoms with Crippen LogP contribution in [0.4, 0.5) is 0 Å². The standard InChI is InChI=1S/C13H22O6P2/c1-11-6-12(9-20(14,16-2)17-3)8-13(7-11)10-21(15,18-4)19-5/h6-8H,9-10H2,1-5H3. The molecule has 6 nitrogen and oxygen atoms in total. The number of rotatable bonds is 8. The highest BCUT2D eigenvalue weighted by Gasteiger charge is 2.24. The van der Waals surface area contributed by atoms with Crippen LogP contribution in [0.3, 0.4) is 0 Å². The third-order valence-corrected chi connectivity index (χ3v) is 6.79. The van der Waals surface area contributed by atoms with E-state index in [-0.39, 0.29) is 12.3 Å². The van der Waals surface area contributed by atoms with E-state index in [1.54, 1.807) is 0 Å². The summed E-state index contributed by atoms with van der Waals surface area (Å²) in [5.41, 5.74) is 2.53. The highest BCUT2D eigenvalue weighted by Crippen LogP contribution is 2.51. The molecule has 21 heavy (non-hydrogen) atoms. The number of aryl methyl sites for hydroxylation is 1. The van der Waals surface area contributed by atoms with Crippen LogP contribution < -0.4 is 0 Å². The van der Waals surface area contributed by atoms with E-state index in [0.717, 1.165) is 16.7 Å². The number of hydrogen-bond acceptors (Lipinski definition) is 6. The summed E-state index contributed by atoms with van der Waals surface area (Å²) in [5.74, 6) is 0. The number of hydrogen-bond donors (Lipinski definition) is 0. The molecule has 0 unspecified atom stereocenters. The molecule has 0 aliphatic rings. The van der Waals surface area contributed by atoms with Crippen molar-refractivity contribution in [2.75, 3.05) is 28.4 Å². The van der Waals surface area contributed by atoms with Crippen molar-refractivity contribution in [3.05, 3.63) is 34.9 Å². The fraction of sp³-hybridized carbons (Fsp3) is 0.538. The molecule has 0 heterocycles. The molecule has 0 aliphatic carbocycles. The summed E-state index contributed by atoms with van der Waals surface area (Å²) in [7, 11) is -0.870. The fourth-order valence-corrected chi connectivity index (χ4v) is 4.06. The van der Waals surface area contributed by atoms with E-state index in [0.29, 0.717) is 0 Å². The Bertz CT molecular complexity index is 510. The second-order valence-electron chi connectivity index (χ2n) is 4.60. The zero-order valence-corrected chi connectivity index (χ0v) is 14.8. The first-order valence-electron chi connectivity index (χ1n) is 6.30. The Labute approximate surface area is 125 Å². The molecule has 1 aromatic carbocycles. The van der Waals surface area contributed by atoms with Crippen molar-refractivity contribution in [3.63, 3.8) is 0 Å². The van der Waals surface area contributed by atoms with E-state index in [2.05, 4.69) is 0 Å². The third-order valence-electron chi connectivity index (χ3n) is 3.06. The van der Waals surface area contributed by atoms with Crippen LogP contribution in [0.2, 0.25) is 0 Å². The van der Waals surface area contributed by atoms with Gasteiger partial charge in [-0.25, -0.2) is 0 Å². The lowest BCUT2D eigenvalue weighted by atomic mass is 10.1. The highest BCUT2D eigenvalue weighted by atomic mass is 31.2. The summed E-state index contributed by atoms with van der Waals surface area (Å²) < 4.78 is 44.2. The Morgan fingerprint density at radius 1 is 0.762 bits per heavy atom. The highest BCUT2D eigenvalue weighted by molar-refractivity contribution is 7.53. The zero-order chi connectivity index (χ0) is 16.1. The van der Waals surface area contributed by atoms with Gasteiger partial charge in [0.2, 0.25) is 0 Å². The second kappa shape index (κ2) is 7.68. The molecule has 1 rings (SSSR count). The van der Waals surface area contributed by atoms with Gasteiger partial charge >= 0.3 is 15.2 Å². The van der Waals surface area contributed by atoms with Crippen LogP contribution in [-0.4, -0.2) is 28.4 Å². The largest absolute Gasteiger partial charge is 0.334 e. The van der Waals surface area contributed by atoms with Crippen LogP contribution in [0.25, 0.3) is 0 Å². The van der Waals surface area contributed by atoms with Crippen LogP contribution in [0.15, 0.2) is 18.2 Å². The van der Waals surface area contributed by atoms with Crippen molar-refractivity contribution in [1.29, 1.82) is 0 Å². The van der Waals surface area contributed by atoms with Crippen LogP contribution in [-0.2, 0) is 39.5 Å². The summed E-state index contributed by atoms with van der Waals surface area (Å²) in [6.45, 7) is 1.90. The van der Waals surface area contributed by atoms with Gasteiger partial charge in [0.15, 0.2) is 0 Å². The molecular weight excluding hydrogens is 314 g/mol. The maximum absolute atomic E-state index is 12.2. The molecule has 0 saturated heterocycles. The Morgan fingerprint density at radius 2 is 1.10 bits per heavy atom. The monoisotopic (exact) mass is 336 g/mol. The maximum atomic E-state index is 12.2. The summed E-state index contributed by atoms with van der Waals surface area (Å²) in [6, 6.07) is 5.58. The Morgan fingerprint density at radius 3 is 1.38 bits per heavy atom. The Kier molecular flexibility index (Phi) is 6.79. The minimum Gasteiger partial charge on any atom is -0.312 e. The van der Waals surface area contributed by atoms with Gasteiger partial charge in [0, 0.05) is 28.4 Å². The van der Waals surface area contributed by atoms with E-state index in [9.17, 15) is 9.13 Å². The first-order valence-corrected chi connectivity index (χ1v) is 9.76. The molecule has 0 amide bonds. The van der Waals surface area contributed by atoms with Gasteiger partial charge in [-0.15, -0.1) is 0 Å². The van der Waals surface area contributed by atoms with Crippen molar-refractivity contribution in [3.8, 4) is 0 Å². The van der Waals surface area contributed by atoms with Crippen molar-refractivity contribution in [2.24, 2.45) is 0 Å². The van der Waals surface area contributed by atoms with Crippen molar-refractivity contribution < 1.29 is 27.2 Å². The summed E-state index contributed by atoms with van der Waals surface area (Å²) >= 11 is 0. The van der Waals surface area contributed by atoms with Crippen molar-refractivity contribution >= 4 is 15.2 Å². The third kappa shape index (κ3) is 5.33. The maximum Gasteiger partial charge on any atom is 0.334 e. The van der Waals surface area contributed by atoms with Gasteiger partial charge in [-0.1, -0.05) is 23.8 Å². The summed E-state index contributed by atoms with van der Waals surface area (Å²) in [4.78, 5) is 0. The van der Waals surface area contributed by atoms with Gasteiger partial charge < -0.3 is 18.1 Å². The van der Waals surface area contributed by atoms with Crippen molar-refractivity contribution in [1.82, 2.24) is 0 Å². The molecule has 8 heteroatoms. The van der Waals surface area contributed by atoms with E-state index in [4.69, 9.17) is 18.1 Å². The minimum absolute atomic E-state index is 0.152. The predicted octanol–water partition coefficient (Wildman–Crippen LogP) is 3.97. The number of benzene rings is 1. The van der Waals surface area contributed by atoms with Gasteiger partial charge in [0.05, 0.1) is 12.3 Å². The molecule has 120 valence electrons. The average molecular weight is 336 g/mol. The normalized spacial score (nSPS) is 12.6. The summed E-state index contributed by atoms with van der Waals surface area (Å²) in [6.07, 6.45) is 0.303. The molecule has 1 aromatic rings. The van der Waals surface area contributed by atoms with E-state index < -0.39 is 15.2 Å². The molecule has 0 bridgehead atoms. The molecule has 0 N–H and O–H groups in total. The van der Waals surface area contributed by atoms with E-state index in [1.165, 1.54) is 28.4 Å². The zero-order valence-electron chi connectivity index (χ0n) is 13.0. The lowest BCUT2D eigenvalue weighted by Crippen LogP contribution is -1.98. The van der Waals surface area contributed by atoms with Gasteiger partial charge in [0.25, 0.3) is 0 Å². The SMILES string of the molecule is COP(=O)(Cc1cc(C)cc(CP(=O)(OC)OC)c1)OC. The lowest BCUT2D eigenvalue weighted by molar-refractivity contribution is 0.274. The summed E-state index contributed by atoms with van der Waals surface area (Å²) in [5, 5.41) is 0. The lowest BCUT2D eigenvalue weighted by Gasteiger charge is -2.17. The second-order valence-corrected chi connectivity index (χ2v) is 9.13. The molecule has 0 spiro atoms. The average Bonchev–Trinajstić information content (AvgIpc) is 2.46. The quantitative estimate of drug-likeness (QED) is 0.669. The molecule has 0 aromatic heterocycles. The predicted molar refractivity (Wildman–Crippen MR) is 81.8 cm³/mol. The van der Waals surface area contributed by atoms with Gasteiger partial charge in [-0.3, -0.25) is 9.13 Å². The molecule has 0 saturated carbocycles. The molecule has 0 fully saturated rings. The van der Waals surface area contributed by atoms with Crippen LogP contribution in [0.1, 0.15) is 16.7 Å². The molecular formula is C13H22O6P2. The van der Waals surface area contributed by atoms with Gasteiger partial charge in [-0.05, 0) is 18.1 Å². The Balaban J connectivity index is 3.06. The topological polar surface area (TPSA) is 71.1 Å². The molecule has 0 aliphatic heterocycles.